The Morgan fingerprint density at radius 1 is 1.25 bits per heavy atom. The van der Waals surface area contributed by atoms with Crippen LogP contribution in [0, 0.1) is 25.2 Å². The van der Waals surface area contributed by atoms with Crippen molar-refractivity contribution in [3.8, 4) is 17.2 Å². The smallest absolute Gasteiger partial charge is 0.119 e. The third-order valence-electron chi connectivity index (χ3n) is 2.71. The highest BCUT2D eigenvalue weighted by Crippen LogP contribution is 2.30. The molecule has 0 radical (unpaired) electrons. The molecule has 0 saturated carbocycles. The molecule has 0 atom stereocenters. The van der Waals surface area contributed by atoms with Gasteiger partial charge in [-0.3, -0.25) is 0 Å². The zero-order valence-electron chi connectivity index (χ0n) is 9.33. The fraction of sp³-hybridized carbons (Fsp3) is 0.154. The number of nitrogens with zero attached hydrogens (tertiary/aromatic N) is 1. The van der Waals surface area contributed by atoms with E-state index in [1.165, 1.54) is 5.56 Å². The molecule has 16 heavy (non-hydrogen) atoms. The van der Waals surface area contributed by atoms with Crippen molar-refractivity contribution >= 4 is 5.82 Å². The molecule has 2 aromatic rings. The van der Waals surface area contributed by atoms with Crippen LogP contribution in [0.25, 0.3) is 11.1 Å². The Bertz CT molecular complexity index is 573. The Kier molecular flexibility index (Phi) is 2.41. The largest absolute Gasteiger partial charge is 0.384 e. The monoisotopic (exact) mass is 211 g/mol. The maximum atomic E-state index is 9.06. The third-order valence-corrected chi connectivity index (χ3v) is 2.71. The molecule has 0 spiro atoms. The Morgan fingerprint density at radius 3 is 2.69 bits per heavy atom. The van der Waals surface area contributed by atoms with Crippen LogP contribution < -0.4 is 5.73 Å². The summed E-state index contributed by atoms with van der Waals surface area (Å²) in [6.45, 7) is 4.06. The molecule has 1 heterocycles. The molecule has 1 aromatic carbocycles. The average Bonchev–Trinajstić information content (AvgIpc) is 2.63. The summed E-state index contributed by atoms with van der Waals surface area (Å²) < 4.78 is 0. The lowest BCUT2D eigenvalue weighted by Gasteiger charge is -2.05. The van der Waals surface area contributed by atoms with Crippen LogP contribution in [0.5, 0.6) is 0 Å². The number of benzene rings is 1. The number of anilines is 1. The summed E-state index contributed by atoms with van der Waals surface area (Å²) in [5, 5.41) is 9.06. The van der Waals surface area contributed by atoms with Gasteiger partial charge in [-0.1, -0.05) is 23.8 Å². The summed E-state index contributed by atoms with van der Waals surface area (Å²) in [4.78, 5) is 2.89. The molecule has 0 fully saturated rings. The normalized spacial score (nSPS) is 10.1. The van der Waals surface area contributed by atoms with Crippen LogP contribution in [0.3, 0.4) is 0 Å². The molecule has 3 heteroatoms. The molecule has 0 unspecified atom stereocenters. The van der Waals surface area contributed by atoms with E-state index in [0.717, 1.165) is 16.7 Å². The van der Waals surface area contributed by atoms with E-state index in [1.807, 2.05) is 13.8 Å². The molecule has 3 N–H and O–H groups in total. The highest BCUT2D eigenvalue weighted by Gasteiger charge is 2.12. The predicted octanol–water partition coefficient (Wildman–Crippen LogP) is 2.75. The number of nitrogens with one attached hydrogen (secondary N) is 1. The van der Waals surface area contributed by atoms with E-state index >= 15 is 0 Å². The van der Waals surface area contributed by atoms with Gasteiger partial charge in [0.1, 0.15) is 17.5 Å². The van der Waals surface area contributed by atoms with Gasteiger partial charge >= 0.3 is 0 Å². The molecule has 2 rings (SSSR count). The number of H-pyrrole nitrogens is 1. The summed E-state index contributed by atoms with van der Waals surface area (Å²) in [6, 6.07) is 8.31. The molecule has 0 aliphatic rings. The summed E-state index contributed by atoms with van der Waals surface area (Å²) >= 11 is 0. The lowest BCUT2D eigenvalue weighted by atomic mass is 9.98. The second-order valence-electron chi connectivity index (χ2n) is 3.92. The van der Waals surface area contributed by atoms with Gasteiger partial charge in [0.2, 0.25) is 0 Å². The van der Waals surface area contributed by atoms with Crippen LogP contribution in [-0.2, 0) is 0 Å². The minimum atomic E-state index is 0.429. The molecule has 0 aliphatic carbocycles. The van der Waals surface area contributed by atoms with Crippen LogP contribution in [0.15, 0.2) is 24.4 Å². The number of aromatic amines is 1. The Balaban J connectivity index is 2.68. The van der Waals surface area contributed by atoms with Crippen molar-refractivity contribution < 1.29 is 0 Å². The Labute approximate surface area is 94.5 Å². The topological polar surface area (TPSA) is 65.6 Å². The quantitative estimate of drug-likeness (QED) is 0.761. The number of nitriles is 1. The fourth-order valence-electron chi connectivity index (χ4n) is 1.80. The van der Waals surface area contributed by atoms with Gasteiger partial charge in [-0.2, -0.15) is 5.26 Å². The molecule has 0 aliphatic heterocycles. The van der Waals surface area contributed by atoms with E-state index in [1.54, 1.807) is 6.20 Å². The zero-order valence-corrected chi connectivity index (χ0v) is 9.33. The maximum absolute atomic E-state index is 9.06. The zero-order chi connectivity index (χ0) is 11.7. The first-order valence-electron chi connectivity index (χ1n) is 5.08. The van der Waals surface area contributed by atoms with Crippen LogP contribution in [0.2, 0.25) is 0 Å². The van der Waals surface area contributed by atoms with Crippen molar-refractivity contribution in [1.29, 1.82) is 5.26 Å². The minimum Gasteiger partial charge on any atom is -0.384 e. The van der Waals surface area contributed by atoms with Crippen LogP contribution in [0.4, 0.5) is 5.82 Å². The van der Waals surface area contributed by atoms with E-state index in [2.05, 4.69) is 29.3 Å². The number of hydrogen-bond acceptors (Lipinski definition) is 2. The molecule has 1 aromatic heterocycles. The van der Waals surface area contributed by atoms with Crippen molar-refractivity contribution in [2.75, 3.05) is 5.73 Å². The highest BCUT2D eigenvalue weighted by atomic mass is 14.8. The molecule has 0 saturated heterocycles. The fourth-order valence-corrected chi connectivity index (χ4v) is 1.80. The SMILES string of the molecule is Cc1ccc(C)c(-c2c[nH]c(N)c2C#N)c1. The first-order chi connectivity index (χ1) is 7.63. The van der Waals surface area contributed by atoms with Crippen LogP contribution in [0.1, 0.15) is 16.7 Å². The van der Waals surface area contributed by atoms with Gasteiger partial charge in [-0.05, 0) is 25.0 Å². The lowest BCUT2D eigenvalue weighted by Crippen LogP contribution is -1.89. The molecule has 3 nitrogen and oxygen atoms in total. The van der Waals surface area contributed by atoms with Gasteiger partial charge < -0.3 is 10.7 Å². The number of nitrogen functional groups attached to an aromatic ring is 1. The number of aryl methyl sites for hydroxylation is 2. The average molecular weight is 211 g/mol. The summed E-state index contributed by atoms with van der Waals surface area (Å²) in [6.07, 6.45) is 1.79. The first kappa shape index (κ1) is 10.3. The van der Waals surface area contributed by atoms with Gasteiger partial charge in [0.25, 0.3) is 0 Å². The first-order valence-corrected chi connectivity index (χ1v) is 5.08. The molecule has 0 amide bonds. The van der Waals surface area contributed by atoms with Gasteiger partial charge in [0.05, 0.1) is 0 Å². The van der Waals surface area contributed by atoms with Gasteiger partial charge in [-0.25, -0.2) is 0 Å². The molecule has 0 bridgehead atoms. The molecular formula is C13H13N3. The second kappa shape index (κ2) is 3.74. The molecule has 80 valence electrons. The van der Waals surface area contributed by atoms with Gasteiger partial charge in [0.15, 0.2) is 0 Å². The lowest BCUT2D eigenvalue weighted by molar-refractivity contribution is 1.38. The molecular weight excluding hydrogens is 198 g/mol. The minimum absolute atomic E-state index is 0.429. The number of hydrogen-bond donors (Lipinski definition) is 2. The van der Waals surface area contributed by atoms with Crippen molar-refractivity contribution in [3.05, 3.63) is 41.1 Å². The van der Waals surface area contributed by atoms with Crippen molar-refractivity contribution in [1.82, 2.24) is 4.98 Å². The van der Waals surface area contributed by atoms with Crippen molar-refractivity contribution in [3.63, 3.8) is 0 Å². The van der Waals surface area contributed by atoms with E-state index in [-0.39, 0.29) is 0 Å². The van der Waals surface area contributed by atoms with Crippen LogP contribution >= 0.6 is 0 Å². The van der Waals surface area contributed by atoms with Gasteiger partial charge in [-0.15, -0.1) is 0 Å². The van der Waals surface area contributed by atoms with Crippen molar-refractivity contribution in [2.45, 2.75) is 13.8 Å². The highest BCUT2D eigenvalue weighted by molar-refractivity contribution is 5.78. The summed E-state index contributed by atoms with van der Waals surface area (Å²) in [5.74, 6) is 0.429. The Morgan fingerprint density at radius 2 is 2.00 bits per heavy atom. The van der Waals surface area contributed by atoms with E-state index in [0.29, 0.717) is 11.4 Å². The standard InChI is InChI=1S/C13H13N3/c1-8-3-4-9(2)10(5-8)12-7-16-13(15)11(12)6-14/h3-5,7,16H,15H2,1-2H3. The second-order valence-corrected chi connectivity index (χ2v) is 3.92. The van der Waals surface area contributed by atoms with Gasteiger partial charge in [0, 0.05) is 11.8 Å². The van der Waals surface area contributed by atoms with E-state index in [9.17, 15) is 0 Å². The summed E-state index contributed by atoms with van der Waals surface area (Å²) in [7, 11) is 0. The number of nitrogens with two attached hydrogens (primary N) is 1. The Hall–Kier alpha value is -2.21. The van der Waals surface area contributed by atoms with E-state index in [4.69, 9.17) is 11.0 Å². The third kappa shape index (κ3) is 1.55. The summed E-state index contributed by atoms with van der Waals surface area (Å²) in [5.41, 5.74) is 10.5. The van der Waals surface area contributed by atoms with E-state index < -0.39 is 0 Å². The van der Waals surface area contributed by atoms with Crippen molar-refractivity contribution in [2.24, 2.45) is 0 Å². The number of rotatable bonds is 1. The predicted molar refractivity (Wildman–Crippen MR) is 64.8 cm³/mol. The maximum Gasteiger partial charge on any atom is 0.119 e. The van der Waals surface area contributed by atoms with Crippen LogP contribution in [-0.4, -0.2) is 4.98 Å². The number of aromatic nitrogens is 1.